The van der Waals surface area contributed by atoms with Crippen LogP contribution < -0.4 is 5.32 Å². The molecule has 1 rings (SSSR count). The minimum atomic E-state index is 0.300. The molecule has 1 aromatic rings. The Balaban J connectivity index is 2.54. The van der Waals surface area contributed by atoms with Crippen LogP contribution in [0.5, 0.6) is 0 Å². The van der Waals surface area contributed by atoms with Crippen LogP contribution in [0.1, 0.15) is 39.7 Å². The first-order chi connectivity index (χ1) is 9.49. The van der Waals surface area contributed by atoms with Crippen LogP contribution in [-0.2, 0) is 11.2 Å². The van der Waals surface area contributed by atoms with Crippen LogP contribution >= 0.6 is 11.6 Å². The van der Waals surface area contributed by atoms with Crippen molar-refractivity contribution in [2.24, 2.45) is 5.92 Å². The van der Waals surface area contributed by atoms with Crippen molar-refractivity contribution in [2.45, 2.75) is 52.7 Å². The number of halogens is 1. The predicted molar refractivity (Wildman–Crippen MR) is 87.5 cm³/mol. The zero-order chi connectivity index (χ0) is 15.0. The van der Waals surface area contributed by atoms with Gasteiger partial charge in [0.05, 0.1) is 6.10 Å². The lowest BCUT2D eigenvalue weighted by Crippen LogP contribution is -2.30. The zero-order valence-electron chi connectivity index (χ0n) is 13.2. The largest absolute Gasteiger partial charge is 0.379 e. The first-order valence-corrected chi connectivity index (χ1v) is 7.95. The fourth-order valence-corrected chi connectivity index (χ4v) is 2.34. The van der Waals surface area contributed by atoms with Gasteiger partial charge in [-0.25, -0.2) is 0 Å². The second-order valence-corrected chi connectivity index (χ2v) is 6.34. The van der Waals surface area contributed by atoms with E-state index in [4.69, 9.17) is 16.3 Å². The maximum Gasteiger partial charge on any atom is 0.0518 e. The second-order valence-electron chi connectivity index (χ2n) is 5.93. The van der Waals surface area contributed by atoms with Gasteiger partial charge in [0.15, 0.2) is 0 Å². The average Bonchev–Trinajstić information content (AvgIpc) is 2.37. The van der Waals surface area contributed by atoms with E-state index in [1.54, 1.807) is 0 Å². The summed E-state index contributed by atoms with van der Waals surface area (Å²) in [6, 6.07) is 8.63. The molecule has 20 heavy (non-hydrogen) atoms. The van der Waals surface area contributed by atoms with Gasteiger partial charge in [0.25, 0.3) is 0 Å². The summed E-state index contributed by atoms with van der Waals surface area (Å²) in [4.78, 5) is 0. The summed E-state index contributed by atoms with van der Waals surface area (Å²) in [7, 11) is 0. The molecule has 0 aliphatic carbocycles. The van der Waals surface area contributed by atoms with Crippen LogP contribution in [0.15, 0.2) is 24.3 Å². The molecule has 1 atom stereocenters. The van der Waals surface area contributed by atoms with Gasteiger partial charge in [-0.15, -0.1) is 0 Å². The molecule has 0 amide bonds. The van der Waals surface area contributed by atoms with Gasteiger partial charge in [0.2, 0.25) is 0 Å². The molecule has 0 aliphatic heterocycles. The minimum absolute atomic E-state index is 0.300. The molecule has 0 radical (unpaired) electrons. The Kier molecular flexibility index (Phi) is 8.20. The molecule has 2 nitrogen and oxygen atoms in total. The molecular weight excluding hydrogens is 270 g/mol. The van der Waals surface area contributed by atoms with Crippen molar-refractivity contribution < 1.29 is 4.74 Å². The third-order valence-electron chi connectivity index (χ3n) is 3.26. The summed E-state index contributed by atoms with van der Waals surface area (Å²) >= 11 is 6.26. The fourth-order valence-electron chi connectivity index (χ4n) is 2.12. The molecular formula is C17H28ClNO. The third kappa shape index (κ3) is 7.28. The van der Waals surface area contributed by atoms with E-state index in [2.05, 4.69) is 45.1 Å². The fraction of sp³-hybridized carbons (Fsp3) is 0.647. The van der Waals surface area contributed by atoms with E-state index in [1.807, 2.05) is 12.1 Å². The van der Waals surface area contributed by atoms with E-state index < -0.39 is 0 Å². The first kappa shape index (κ1) is 17.5. The van der Waals surface area contributed by atoms with Gasteiger partial charge >= 0.3 is 0 Å². The Morgan fingerprint density at radius 3 is 2.45 bits per heavy atom. The Bertz CT molecular complexity index is 379. The Morgan fingerprint density at radius 2 is 1.85 bits per heavy atom. The molecule has 0 heterocycles. The number of rotatable bonds is 9. The summed E-state index contributed by atoms with van der Waals surface area (Å²) < 4.78 is 5.69. The first-order valence-electron chi connectivity index (χ1n) is 7.57. The van der Waals surface area contributed by atoms with Gasteiger partial charge < -0.3 is 10.1 Å². The lowest BCUT2D eigenvalue weighted by atomic mass is 9.96. The van der Waals surface area contributed by atoms with Crippen molar-refractivity contribution in [1.82, 2.24) is 5.32 Å². The van der Waals surface area contributed by atoms with Crippen molar-refractivity contribution in [3.63, 3.8) is 0 Å². The smallest absolute Gasteiger partial charge is 0.0518 e. The lowest BCUT2D eigenvalue weighted by molar-refractivity contribution is 0.0681. The Hall–Kier alpha value is -0.570. The maximum atomic E-state index is 6.26. The predicted octanol–water partition coefficient (Wildman–Crippen LogP) is 4.31. The number of hydrogen-bond acceptors (Lipinski definition) is 2. The van der Waals surface area contributed by atoms with Crippen molar-refractivity contribution in [3.8, 4) is 0 Å². The lowest BCUT2D eigenvalue weighted by Gasteiger charge is -2.20. The topological polar surface area (TPSA) is 21.3 Å². The summed E-state index contributed by atoms with van der Waals surface area (Å²) in [5.41, 5.74) is 1.23. The standard InChI is InChI=1S/C17H28ClNO/c1-13(2)19-12-15(9-10-20-14(3)4)11-16-7-5-6-8-17(16)18/h5-8,13-15,19H,9-12H2,1-4H3. The minimum Gasteiger partial charge on any atom is -0.379 e. The van der Waals surface area contributed by atoms with Crippen LogP contribution in [0.3, 0.4) is 0 Å². The highest BCUT2D eigenvalue weighted by Gasteiger charge is 2.12. The van der Waals surface area contributed by atoms with Crippen molar-refractivity contribution in [3.05, 3.63) is 34.9 Å². The van der Waals surface area contributed by atoms with Crippen LogP contribution in [0.4, 0.5) is 0 Å². The number of benzene rings is 1. The molecule has 1 aromatic carbocycles. The highest BCUT2D eigenvalue weighted by Crippen LogP contribution is 2.20. The van der Waals surface area contributed by atoms with Gasteiger partial charge in [-0.1, -0.05) is 43.6 Å². The summed E-state index contributed by atoms with van der Waals surface area (Å²) in [6.07, 6.45) is 2.36. The van der Waals surface area contributed by atoms with Gasteiger partial charge in [-0.2, -0.15) is 0 Å². The monoisotopic (exact) mass is 297 g/mol. The quantitative estimate of drug-likeness (QED) is 0.733. The van der Waals surface area contributed by atoms with Crippen molar-refractivity contribution in [1.29, 1.82) is 0 Å². The van der Waals surface area contributed by atoms with Crippen molar-refractivity contribution in [2.75, 3.05) is 13.2 Å². The van der Waals surface area contributed by atoms with E-state index in [1.165, 1.54) is 5.56 Å². The molecule has 0 aromatic heterocycles. The molecule has 1 unspecified atom stereocenters. The summed E-state index contributed by atoms with van der Waals surface area (Å²) in [5, 5.41) is 4.39. The molecule has 0 saturated carbocycles. The Morgan fingerprint density at radius 1 is 1.15 bits per heavy atom. The number of ether oxygens (including phenoxy) is 1. The summed E-state index contributed by atoms with van der Waals surface area (Å²) in [5.74, 6) is 0.552. The van der Waals surface area contributed by atoms with Crippen LogP contribution in [0.25, 0.3) is 0 Å². The molecule has 0 aliphatic rings. The molecule has 3 heteroatoms. The van der Waals surface area contributed by atoms with E-state index in [0.717, 1.165) is 31.0 Å². The van der Waals surface area contributed by atoms with Crippen LogP contribution in [-0.4, -0.2) is 25.3 Å². The molecule has 1 N–H and O–H groups in total. The van der Waals surface area contributed by atoms with Crippen LogP contribution in [0, 0.1) is 5.92 Å². The molecule has 0 fully saturated rings. The van der Waals surface area contributed by atoms with E-state index in [-0.39, 0.29) is 0 Å². The van der Waals surface area contributed by atoms with Gasteiger partial charge in [0.1, 0.15) is 0 Å². The van der Waals surface area contributed by atoms with Crippen molar-refractivity contribution >= 4 is 11.6 Å². The molecule has 0 saturated heterocycles. The summed E-state index contributed by atoms with van der Waals surface area (Å²) in [6.45, 7) is 10.3. The maximum absolute atomic E-state index is 6.26. The van der Waals surface area contributed by atoms with Crippen LogP contribution in [0.2, 0.25) is 5.02 Å². The van der Waals surface area contributed by atoms with E-state index in [0.29, 0.717) is 18.1 Å². The SMILES string of the molecule is CC(C)NCC(CCOC(C)C)Cc1ccccc1Cl. The highest BCUT2D eigenvalue weighted by molar-refractivity contribution is 6.31. The number of hydrogen-bond donors (Lipinski definition) is 1. The van der Waals surface area contributed by atoms with Gasteiger partial charge in [0, 0.05) is 17.7 Å². The van der Waals surface area contributed by atoms with E-state index in [9.17, 15) is 0 Å². The van der Waals surface area contributed by atoms with Gasteiger partial charge in [-0.05, 0) is 50.8 Å². The molecule has 0 bridgehead atoms. The molecule has 114 valence electrons. The highest BCUT2D eigenvalue weighted by atomic mass is 35.5. The van der Waals surface area contributed by atoms with E-state index >= 15 is 0 Å². The number of nitrogens with one attached hydrogen (secondary N) is 1. The second kappa shape index (κ2) is 9.38. The molecule has 0 spiro atoms. The average molecular weight is 298 g/mol. The van der Waals surface area contributed by atoms with Gasteiger partial charge in [-0.3, -0.25) is 0 Å². The zero-order valence-corrected chi connectivity index (χ0v) is 13.9. The Labute approximate surface area is 128 Å². The normalized spacial score (nSPS) is 13.2. The third-order valence-corrected chi connectivity index (χ3v) is 3.63.